The number of hydrogen-bond acceptors (Lipinski definition) is 4. The molecule has 156 valence electrons. The number of carbonyl (C=O) groups excluding carboxylic acids is 1. The van der Waals surface area contributed by atoms with Gasteiger partial charge in [-0.05, 0) is 42.7 Å². The van der Waals surface area contributed by atoms with Crippen LogP contribution in [-0.2, 0) is 17.8 Å². The zero-order chi connectivity index (χ0) is 21.0. The van der Waals surface area contributed by atoms with E-state index < -0.39 is 0 Å². The summed E-state index contributed by atoms with van der Waals surface area (Å²) in [5, 5.41) is 3.09. The largest absolute Gasteiger partial charge is 0.493 e. The van der Waals surface area contributed by atoms with Gasteiger partial charge in [-0.1, -0.05) is 25.1 Å². The van der Waals surface area contributed by atoms with E-state index in [2.05, 4.69) is 10.2 Å². The first-order valence-corrected chi connectivity index (χ1v) is 10.00. The van der Waals surface area contributed by atoms with Crippen LogP contribution in [0.5, 0.6) is 11.5 Å². The van der Waals surface area contributed by atoms with Crippen molar-refractivity contribution in [2.24, 2.45) is 0 Å². The van der Waals surface area contributed by atoms with E-state index in [4.69, 9.17) is 9.47 Å². The van der Waals surface area contributed by atoms with Crippen LogP contribution in [-0.4, -0.2) is 37.6 Å². The summed E-state index contributed by atoms with van der Waals surface area (Å²) in [6, 6.07) is 10.6. The Bertz CT molecular complexity index is 871. The van der Waals surface area contributed by atoms with Gasteiger partial charge >= 0.3 is 0 Å². The van der Waals surface area contributed by atoms with Gasteiger partial charge in [-0.25, -0.2) is 4.39 Å². The summed E-state index contributed by atoms with van der Waals surface area (Å²) >= 11 is 0. The molecule has 0 saturated heterocycles. The van der Waals surface area contributed by atoms with Gasteiger partial charge in [-0.2, -0.15) is 0 Å². The van der Waals surface area contributed by atoms with Crippen LogP contribution in [0.3, 0.4) is 0 Å². The number of ether oxygens (including phenoxy) is 2. The summed E-state index contributed by atoms with van der Waals surface area (Å²) in [7, 11) is 3.24. The molecule has 1 aliphatic rings. The van der Waals surface area contributed by atoms with Crippen molar-refractivity contribution in [1.82, 2.24) is 10.2 Å². The summed E-state index contributed by atoms with van der Waals surface area (Å²) in [5.41, 5.74) is 2.89. The lowest BCUT2D eigenvalue weighted by Gasteiger charge is -2.41. The van der Waals surface area contributed by atoms with E-state index in [0.29, 0.717) is 30.0 Å². The number of fused-ring (bicyclic) bond motifs is 1. The highest BCUT2D eigenvalue weighted by molar-refractivity contribution is 5.76. The molecule has 0 spiro atoms. The van der Waals surface area contributed by atoms with Crippen LogP contribution in [0, 0.1) is 5.82 Å². The van der Waals surface area contributed by atoms with Crippen LogP contribution < -0.4 is 14.8 Å². The molecule has 1 heterocycles. The molecular weight excluding hydrogens is 371 g/mol. The maximum atomic E-state index is 14.3. The summed E-state index contributed by atoms with van der Waals surface area (Å²) in [6.07, 6.45) is 1.23. The quantitative estimate of drug-likeness (QED) is 0.767. The Morgan fingerprint density at radius 3 is 2.59 bits per heavy atom. The number of methoxy groups -OCH3 is 2. The zero-order valence-corrected chi connectivity index (χ0v) is 17.5. The number of halogens is 1. The number of amides is 1. The molecule has 2 aromatic rings. The molecule has 1 amide bonds. The molecule has 29 heavy (non-hydrogen) atoms. The minimum absolute atomic E-state index is 0.00376. The molecule has 0 aromatic heterocycles. The lowest BCUT2D eigenvalue weighted by Crippen LogP contribution is -2.47. The number of hydrogen-bond donors (Lipinski definition) is 1. The monoisotopic (exact) mass is 400 g/mol. The van der Waals surface area contributed by atoms with E-state index >= 15 is 0 Å². The molecule has 2 aromatic carbocycles. The number of nitrogens with one attached hydrogen (secondary N) is 1. The van der Waals surface area contributed by atoms with Gasteiger partial charge in [-0.3, -0.25) is 9.69 Å². The molecule has 1 aliphatic heterocycles. The molecule has 0 radical (unpaired) electrons. The second-order valence-corrected chi connectivity index (χ2v) is 7.37. The van der Waals surface area contributed by atoms with E-state index in [1.165, 1.54) is 6.07 Å². The van der Waals surface area contributed by atoms with Crippen molar-refractivity contribution in [3.05, 3.63) is 58.9 Å². The van der Waals surface area contributed by atoms with Gasteiger partial charge in [0.25, 0.3) is 0 Å². The van der Waals surface area contributed by atoms with Crippen molar-refractivity contribution in [1.29, 1.82) is 0 Å². The molecule has 6 heteroatoms. The maximum Gasteiger partial charge on any atom is 0.219 e. The normalized spacial score (nSPS) is 17.3. The van der Waals surface area contributed by atoms with Gasteiger partial charge < -0.3 is 14.8 Å². The number of benzene rings is 2. The Kier molecular flexibility index (Phi) is 6.75. The molecule has 0 unspecified atom stereocenters. The summed E-state index contributed by atoms with van der Waals surface area (Å²) < 4.78 is 25.3. The average molecular weight is 400 g/mol. The van der Waals surface area contributed by atoms with Crippen molar-refractivity contribution >= 4 is 5.91 Å². The average Bonchev–Trinajstić information content (AvgIpc) is 2.73. The Hall–Kier alpha value is -2.60. The number of carbonyl (C=O) groups is 1. The van der Waals surface area contributed by atoms with Gasteiger partial charge in [0.15, 0.2) is 11.5 Å². The second kappa shape index (κ2) is 9.27. The van der Waals surface area contributed by atoms with E-state index in [0.717, 1.165) is 24.1 Å². The van der Waals surface area contributed by atoms with Crippen LogP contribution in [0.1, 0.15) is 43.0 Å². The Morgan fingerprint density at radius 2 is 1.93 bits per heavy atom. The SMILES string of the molecule is CCC(=O)N[C@H](C)[C@H]1c2cc(OC)c(OC)cc2CCN1Cc1ccccc1F. The van der Waals surface area contributed by atoms with Gasteiger partial charge in [0.1, 0.15) is 5.82 Å². The molecule has 2 atom stereocenters. The third-order valence-corrected chi connectivity index (χ3v) is 5.54. The fourth-order valence-electron chi connectivity index (χ4n) is 4.07. The van der Waals surface area contributed by atoms with Crippen molar-refractivity contribution in [2.45, 2.75) is 45.3 Å². The lowest BCUT2D eigenvalue weighted by atomic mass is 9.87. The van der Waals surface area contributed by atoms with Crippen LogP contribution >= 0.6 is 0 Å². The van der Waals surface area contributed by atoms with Crippen LogP contribution in [0.4, 0.5) is 4.39 Å². The fraction of sp³-hybridized carbons (Fsp3) is 0.435. The first-order valence-electron chi connectivity index (χ1n) is 10.00. The molecule has 0 aliphatic carbocycles. The van der Waals surface area contributed by atoms with E-state index in [1.54, 1.807) is 20.3 Å². The Balaban J connectivity index is 2.01. The third kappa shape index (κ3) is 4.53. The van der Waals surface area contributed by atoms with Crippen LogP contribution in [0.25, 0.3) is 0 Å². The van der Waals surface area contributed by atoms with Crippen molar-refractivity contribution in [2.75, 3.05) is 20.8 Å². The van der Waals surface area contributed by atoms with Gasteiger partial charge in [0, 0.05) is 31.1 Å². The van der Waals surface area contributed by atoms with E-state index in [-0.39, 0.29) is 23.8 Å². The summed E-state index contributed by atoms with van der Waals surface area (Å²) in [6.45, 7) is 5.06. The van der Waals surface area contributed by atoms with Crippen molar-refractivity contribution < 1.29 is 18.7 Å². The number of nitrogens with zero attached hydrogens (tertiary/aromatic N) is 1. The fourth-order valence-corrected chi connectivity index (χ4v) is 4.07. The smallest absolute Gasteiger partial charge is 0.219 e. The highest BCUT2D eigenvalue weighted by atomic mass is 19.1. The number of rotatable bonds is 7. The topological polar surface area (TPSA) is 50.8 Å². The minimum Gasteiger partial charge on any atom is -0.493 e. The molecule has 0 fully saturated rings. The van der Waals surface area contributed by atoms with Gasteiger partial charge in [0.05, 0.1) is 20.3 Å². The highest BCUT2D eigenvalue weighted by Crippen LogP contribution is 2.40. The predicted molar refractivity (Wildman–Crippen MR) is 111 cm³/mol. The maximum absolute atomic E-state index is 14.3. The zero-order valence-electron chi connectivity index (χ0n) is 17.5. The molecular formula is C23H29FN2O3. The van der Waals surface area contributed by atoms with E-state index in [9.17, 15) is 9.18 Å². The molecule has 3 rings (SSSR count). The van der Waals surface area contributed by atoms with Gasteiger partial charge in [-0.15, -0.1) is 0 Å². The standard InChI is InChI=1S/C23H29FN2O3/c1-5-22(27)25-15(2)23-18-13-21(29-4)20(28-3)12-16(18)10-11-26(23)14-17-8-6-7-9-19(17)24/h6-9,12-13,15,23H,5,10-11,14H2,1-4H3,(H,25,27)/t15-,23+/m1/s1. The molecule has 0 bridgehead atoms. The van der Waals surface area contributed by atoms with Gasteiger partial charge in [0.2, 0.25) is 5.91 Å². The molecule has 1 N–H and O–H groups in total. The van der Waals surface area contributed by atoms with Crippen LogP contribution in [0.15, 0.2) is 36.4 Å². The lowest BCUT2D eigenvalue weighted by molar-refractivity contribution is -0.121. The third-order valence-electron chi connectivity index (χ3n) is 5.54. The van der Waals surface area contributed by atoms with Crippen molar-refractivity contribution in [3.8, 4) is 11.5 Å². The molecule has 5 nitrogen and oxygen atoms in total. The highest BCUT2D eigenvalue weighted by Gasteiger charge is 2.34. The first kappa shape index (κ1) is 21.1. The predicted octanol–water partition coefficient (Wildman–Crippen LogP) is 3.86. The first-order chi connectivity index (χ1) is 14.0. The minimum atomic E-state index is -0.213. The van der Waals surface area contributed by atoms with E-state index in [1.807, 2.05) is 38.1 Å². The van der Waals surface area contributed by atoms with Crippen LogP contribution in [0.2, 0.25) is 0 Å². The Morgan fingerprint density at radius 1 is 1.24 bits per heavy atom. The summed E-state index contributed by atoms with van der Waals surface area (Å²) in [4.78, 5) is 14.3. The second-order valence-electron chi connectivity index (χ2n) is 7.37. The van der Waals surface area contributed by atoms with Crippen molar-refractivity contribution in [3.63, 3.8) is 0 Å². The summed E-state index contributed by atoms with van der Waals surface area (Å²) in [5.74, 6) is 1.13. The Labute approximate surface area is 171 Å². The molecule has 0 saturated carbocycles.